The summed E-state index contributed by atoms with van der Waals surface area (Å²) in [6.07, 6.45) is 0.886. The second kappa shape index (κ2) is 6.25. The molecule has 0 aliphatic carbocycles. The van der Waals surface area contributed by atoms with E-state index in [1.54, 1.807) is 0 Å². The SMILES string of the molecule is CC(C(Cc1c(F)ccc(Br)c1F)NN)S(C)(=O)=O. The minimum atomic E-state index is -3.37. The summed E-state index contributed by atoms with van der Waals surface area (Å²) < 4.78 is 50.5. The van der Waals surface area contributed by atoms with Crippen LogP contribution in [-0.2, 0) is 16.3 Å². The molecule has 0 bridgehead atoms. The van der Waals surface area contributed by atoms with Crippen molar-refractivity contribution < 1.29 is 17.2 Å². The average Bonchev–Trinajstić information content (AvgIpc) is 2.33. The van der Waals surface area contributed by atoms with E-state index in [0.717, 1.165) is 12.3 Å². The quantitative estimate of drug-likeness (QED) is 0.476. The van der Waals surface area contributed by atoms with Crippen molar-refractivity contribution in [3.8, 4) is 0 Å². The molecule has 8 heteroatoms. The van der Waals surface area contributed by atoms with Crippen LogP contribution in [0, 0.1) is 11.6 Å². The van der Waals surface area contributed by atoms with Crippen molar-refractivity contribution in [2.24, 2.45) is 5.84 Å². The Kier molecular flexibility index (Phi) is 5.43. The van der Waals surface area contributed by atoms with Crippen molar-refractivity contribution in [1.82, 2.24) is 5.43 Å². The second-order valence-corrected chi connectivity index (χ2v) is 7.59. The average molecular weight is 357 g/mol. The van der Waals surface area contributed by atoms with Gasteiger partial charge >= 0.3 is 0 Å². The maximum atomic E-state index is 13.8. The van der Waals surface area contributed by atoms with E-state index in [-0.39, 0.29) is 16.5 Å². The Morgan fingerprint density at radius 3 is 2.47 bits per heavy atom. The van der Waals surface area contributed by atoms with Gasteiger partial charge in [0.1, 0.15) is 11.6 Å². The van der Waals surface area contributed by atoms with Crippen molar-refractivity contribution in [3.63, 3.8) is 0 Å². The van der Waals surface area contributed by atoms with Crippen LogP contribution in [0.2, 0.25) is 0 Å². The molecular formula is C11H15BrF2N2O2S. The zero-order valence-corrected chi connectivity index (χ0v) is 12.9. The molecule has 0 saturated heterocycles. The van der Waals surface area contributed by atoms with Gasteiger partial charge in [-0.1, -0.05) is 0 Å². The molecule has 0 amide bonds. The van der Waals surface area contributed by atoms with E-state index in [4.69, 9.17) is 5.84 Å². The third kappa shape index (κ3) is 3.95. The largest absolute Gasteiger partial charge is 0.271 e. The molecule has 1 aromatic rings. The first-order chi connectivity index (χ1) is 8.68. The van der Waals surface area contributed by atoms with Gasteiger partial charge in [-0.25, -0.2) is 17.2 Å². The van der Waals surface area contributed by atoms with Crippen LogP contribution >= 0.6 is 15.9 Å². The third-order valence-electron chi connectivity index (χ3n) is 3.02. The van der Waals surface area contributed by atoms with Crippen LogP contribution < -0.4 is 11.3 Å². The Morgan fingerprint density at radius 1 is 1.42 bits per heavy atom. The smallest absolute Gasteiger partial charge is 0.151 e. The number of halogens is 3. The number of benzene rings is 1. The van der Waals surface area contributed by atoms with Gasteiger partial charge in [-0.05, 0) is 41.4 Å². The van der Waals surface area contributed by atoms with Gasteiger partial charge in [0.25, 0.3) is 0 Å². The predicted octanol–water partition coefficient (Wildman–Crippen LogP) is 1.53. The standard InChI is InChI=1S/C11H15BrF2N2O2S/c1-6(19(2,17)18)10(16-15)5-7-9(13)4-3-8(12)11(7)14/h3-4,6,10,16H,5,15H2,1-2H3. The minimum Gasteiger partial charge on any atom is -0.271 e. The molecule has 3 N–H and O–H groups in total. The molecule has 1 aromatic carbocycles. The minimum absolute atomic E-state index is 0.117. The van der Waals surface area contributed by atoms with Crippen LogP contribution in [0.3, 0.4) is 0 Å². The zero-order chi connectivity index (χ0) is 14.8. The Labute approximate surface area is 119 Å². The monoisotopic (exact) mass is 356 g/mol. The van der Waals surface area contributed by atoms with Gasteiger partial charge in [0.15, 0.2) is 9.84 Å². The Balaban J connectivity index is 3.10. The van der Waals surface area contributed by atoms with E-state index in [0.29, 0.717) is 0 Å². The molecule has 2 atom stereocenters. The highest BCUT2D eigenvalue weighted by atomic mass is 79.9. The van der Waals surface area contributed by atoms with Crippen LogP contribution in [0.4, 0.5) is 8.78 Å². The summed E-state index contributed by atoms with van der Waals surface area (Å²) >= 11 is 2.96. The van der Waals surface area contributed by atoms with Crippen molar-refractivity contribution in [1.29, 1.82) is 0 Å². The molecule has 4 nitrogen and oxygen atoms in total. The van der Waals surface area contributed by atoms with Crippen LogP contribution in [0.5, 0.6) is 0 Å². The molecule has 0 aliphatic heterocycles. The number of sulfone groups is 1. The fourth-order valence-electron chi connectivity index (χ4n) is 1.63. The van der Waals surface area contributed by atoms with Crippen LogP contribution in [0.1, 0.15) is 12.5 Å². The molecule has 1 rings (SSSR count). The Hall–Kier alpha value is -0.570. The molecule has 0 heterocycles. The molecular weight excluding hydrogens is 342 g/mol. The first-order valence-electron chi connectivity index (χ1n) is 5.45. The van der Waals surface area contributed by atoms with E-state index in [1.807, 2.05) is 0 Å². The number of hydrogen-bond donors (Lipinski definition) is 2. The topological polar surface area (TPSA) is 72.2 Å². The lowest BCUT2D eigenvalue weighted by atomic mass is 10.0. The van der Waals surface area contributed by atoms with E-state index >= 15 is 0 Å². The first-order valence-corrected chi connectivity index (χ1v) is 8.20. The van der Waals surface area contributed by atoms with Gasteiger partial charge in [-0.15, -0.1) is 0 Å². The molecule has 2 unspecified atom stereocenters. The lowest BCUT2D eigenvalue weighted by molar-refractivity contribution is 0.467. The van der Waals surface area contributed by atoms with Gasteiger partial charge in [0.2, 0.25) is 0 Å². The predicted molar refractivity (Wildman–Crippen MR) is 73.2 cm³/mol. The second-order valence-electron chi connectivity index (χ2n) is 4.33. The van der Waals surface area contributed by atoms with Gasteiger partial charge in [-0.2, -0.15) is 0 Å². The lowest BCUT2D eigenvalue weighted by Gasteiger charge is -2.22. The van der Waals surface area contributed by atoms with E-state index in [9.17, 15) is 17.2 Å². The normalized spacial score (nSPS) is 15.3. The summed E-state index contributed by atoms with van der Waals surface area (Å²) in [4.78, 5) is 0. The van der Waals surface area contributed by atoms with E-state index in [1.165, 1.54) is 13.0 Å². The molecule has 19 heavy (non-hydrogen) atoms. The van der Waals surface area contributed by atoms with Crippen LogP contribution in [0.25, 0.3) is 0 Å². The molecule has 0 saturated carbocycles. The molecule has 108 valence electrons. The van der Waals surface area contributed by atoms with E-state index < -0.39 is 32.8 Å². The Bertz CT molecular complexity index is 566. The molecule has 0 fully saturated rings. The van der Waals surface area contributed by atoms with Gasteiger partial charge < -0.3 is 0 Å². The number of nitrogens with two attached hydrogens (primary N) is 1. The molecule has 0 radical (unpaired) electrons. The van der Waals surface area contributed by atoms with Crippen LogP contribution in [0.15, 0.2) is 16.6 Å². The fourth-order valence-corrected chi connectivity index (χ4v) is 2.78. The van der Waals surface area contributed by atoms with Gasteiger partial charge in [-0.3, -0.25) is 11.3 Å². The zero-order valence-electron chi connectivity index (χ0n) is 10.5. The third-order valence-corrected chi connectivity index (χ3v) is 5.31. The first kappa shape index (κ1) is 16.5. The maximum Gasteiger partial charge on any atom is 0.151 e. The number of hydrazine groups is 1. The highest BCUT2D eigenvalue weighted by Gasteiger charge is 2.27. The molecule has 0 aliphatic rings. The highest BCUT2D eigenvalue weighted by Crippen LogP contribution is 2.23. The summed E-state index contributed by atoms with van der Waals surface area (Å²) in [6, 6.07) is 1.58. The summed E-state index contributed by atoms with van der Waals surface area (Å²) in [6.45, 7) is 1.44. The maximum absolute atomic E-state index is 13.8. The fraction of sp³-hybridized carbons (Fsp3) is 0.455. The Morgan fingerprint density at radius 2 is 2.00 bits per heavy atom. The lowest BCUT2D eigenvalue weighted by Crippen LogP contribution is -2.47. The van der Waals surface area contributed by atoms with Crippen molar-refractivity contribution in [2.45, 2.75) is 24.6 Å². The number of rotatable bonds is 5. The number of hydrogen-bond acceptors (Lipinski definition) is 4. The summed E-state index contributed by atoms with van der Waals surface area (Å²) in [5.41, 5.74) is 2.10. The van der Waals surface area contributed by atoms with Crippen molar-refractivity contribution in [3.05, 3.63) is 33.8 Å². The summed E-state index contributed by atoms with van der Waals surface area (Å²) in [5.74, 6) is 3.80. The van der Waals surface area contributed by atoms with Crippen molar-refractivity contribution in [2.75, 3.05) is 6.26 Å². The summed E-state index contributed by atoms with van der Waals surface area (Å²) in [5, 5.41) is -0.865. The highest BCUT2D eigenvalue weighted by molar-refractivity contribution is 9.10. The molecule has 0 spiro atoms. The van der Waals surface area contributed by atoms with Gasteiger partial charge in [0.05, 0.1) is 9.72 Å². The molecule has 0 aromatic heterocycles. The van der Waals surface area contributed by atoms with Crippen LogP contribution in [-0.4, -0.2) is 26.0 Å². The van der Waals surface area contributed by atoms with Gasteiger partial charge in [0, 0.05) is 17.9 Å². The van der Waals surface area contributed by atoms with E-state index in [2.05, 4.69) is 21.4 Å². The van der Waals surface area contributed by atoms with Crippen molar-refractivity contribution >= 4 is 25.8 Å². The summed E-state index contributed by atoms with van der Waals surface area (Å²) in [7, 11) is -3.37. The number of nitrogens with one attached hydrogen (secondary N) is 1.